The van der Waals surface area contributed by atoms with Crippen LogP contribution >= 0.6 is 11.3 Å². The van der Waals surface area contributed by atoms with Crippen LogP contribution in [-0.2, 0) is 6.54 Å². The minimum absolute atomic E-state index is 0.397. The number of aliphatic imine (C=N–C) groups is 1. The number of benzene rings is 1. The molecule has 1 atom stereocenters. The van der Waals surface area contributed by atoms with E-state index in [1.165, 1.54) is 36.4 Å². The van der Waals surface area contributed by atoms with Crippen molar-refractivity contribution < 1.29 is 0 Å². The highest BCUT2D eigenvalue weighted by Crippen LogP contribution is 2.24. The molecule has 1 aliphatic heterocycles. The summed E-state index contributed by atoms with van der Waals surface area (Å²) in [7, 11) is 1.83. The summed E-state index contributed by atoms with van der Waals surface area (Å²) in [6, 6.07) is 15.4. The summed E-state index contributed by atoms with van der Waals surface area (Å²) in [6.45, 7) is 4.05. The molecule has 128 valence electrons. The lowest BCUT2D eigenvalue weighted by Crippen LogP contribution is -2.42. The van der Waals surface area contributed by atoms with Gasteiger partial charge in [0.1, 0.15) is 0 Å². The van der Waals surface area contributed by atoms with Gasteiger partial charge in [0.15, 0.2) is 5.96 Å². The fourth-order valence-electron chi connectivity index (χ4n) is 3.18. The number of hydrogen-bond acceptors (Lipinski definition) is 3. The first-order valence-electron chi connectivity index (χ1n) is 8.62. The third-order valence-corrected chi connectivity index (χ3v) is 5.34. The highest BCUT2D eigenvalue weighted by atomic mass is 32.1. The molecule has 0 aliphatic carbocycles. The molecule has 0 bridgehead atoms. The zero-order valence-corrected chi connectivity index (χ0v) is 15.1. The van der Waals surface area contributed by atoms with E-state index in [1.807, 2.05) is 7.05 Å². The predicted molar refractivity (Wildman–Crippen MR) is 103 cm³/mol. The van der Waals surface area contributed by atoms with E-state index in [-0.39, 0.29) is 0 Å². The van der Waals surface area contributed by atoms with Crippen molar-refractivity contribution in [3.63, 3.8) is 0 Å². The molecule has 2 heterocycles. The molecule has 2 aromatic rings. The summed E-state index contributed by atoms with van der Waals surface area (Å²) < 4.78 is 0. The minimum atomic E-state index is 0.397. The number of nitrogens with one attached hydrogen (secondary N) is 2. The Morgan fingerprint density at radius 1 is 1.12 bits per heavy atom. The van der Waals surface area contributed by atoms with Gasteiger partial charge in [0.05, 0.1) is 12.6 Å². The van der Waals surface area contributed by atoms with Gasteiger partial charge in [0.25, 0.3) is 0 Å². The third kappa shape index (κ3) is 4.58. The van der Waals surface area contributed by atoms with E-state index in [2.05, 4.69) is 68.4 Å². The van der Waals surface area contributed by atoms with E-state index < -0.39 is 0 Å². The molecule has 1 fully saturated rings. The molecule has 4 nitrogen and oxygen atoms in total. The molecule has 3 rings (SSSR count). The van der Waals surface area contributed by atoms with Crippen LogP contribution < -0.4 is 10.6 Å². The summed E-state index contributed by atoms with van der Waals surface area (Å²) in [6.07, 6.45) is 2.60. The minimum Gasteiger partial charge on any atom is -0.354 e. The molecule has 1 aromatic carbocycles. The fourth-order valence-corrected chi connectivity index (χ4v) is 3.83. The van der Waals surface area contributed by atoms with Crippen LogP contribution in [0.25, 0.3) is 0 Å². The first-order chi connectivity index (χ1) is 11.9. The van der Waals surface area contributed by atoms with Gasteiger partial charge in [-0.3, -0.25) is 9.89 Å². The van der Waals surface area contributed by atoms with Crippen molar-refractivity contribution in [3.05, 3.63) is 58.3 Å². The second kappa shape index (κ2) is 8.85. The molecule has 2 N–H and O–H groups in total. The summed E-state index contributed by atoms with van der Waals surface area (Å²) in [5, 5.41) is 9.01. The SMILES string of the molecule is CN=C(NCc1cccs1)NCC(c1ccccc1)N1CCCC1. The van der Waals surface area contributed by atoms with Crippen molar-refractivity contribution in [1.82, 2.24) is 15.5 Å². The van der Waals surface area contributed by atoms with Crippen LogP contribution in [0.3, 0.4) is 0 Å². The monoisotopic (exact) mass is 342 g/mol. The van der Waals surface area contributed by atoms with E-state index in [9.17, 15) is 0 Å². The lowest BCUT2D eigenvalue weighted by atomic mass is 10.1. The topological polar surface area (TPSA) is 39.7 Å². The van der Waals surface area contributed by atoms with E-state index in [4.69, 9.17) is 0 Å². The van der Waals surface area contributed by atoms with Crippen LogP contribution in [0.5, 0.6) is 0 Å². The van der Waals surface area contributed by atoms with Crippen LogP contribution in [0.1, 0.15) is 29.3 Å². The number of rotatable bonds is 6. The maximum absolute atomic E-state index is 4.36. The summed E-state index contributed by atoms with van der Waals surface area (Å²) in [4.78, 5) is 8.26. The van der Waals surface area contributed by atoms with Crippen molar-refractivity contribution in [3.8, 4) is 0 Å². The lowest BCUT2D eigenvalue weighted by Gasteiger charge is -2.28. The Morgan fingerprint density at radius 3 is 2.58 bits per heavy atom. The Labute approximate surface area is 148 Å². The number of nitrogens with zero attached hydrogens (tertiary/aromatic N) is 2. The number of likely N-dealkylation sites (tertiary alicyclic amines) is 1. The quantitative estimate of drug-likeness (QED) is 0.625. The zero-order valence-electron chi connectivity index (χ0n) is 14.2. The van der Waals surface area contributed by atoms with E-state index in [0.29, 0.717) is 6.04 Å². The number of hydrogen-bond donors (Lipinski definition) is 2. The van der Waals surface area contributed by atoms with Crippen LogP contribution in [-0.4, -0.2) is 37.5 Å². The first-order valence-corrected chi connectivity index (χ1v) is 9.50. The smallest absolute Gasteiger partial charge is 0.191 e. The van der Waals surface area contributed by atoms with Gasteiger partial charge >= 0.3 is 0 Å². The molecule has 0 spiro atoms. The maximum Gasteiger partial charge on any atom is 0.191 e. The van der Waals surface area contributed by atoms with Gasteiger partial charge in [-0.2, -0.15) is 0 Å². The molecule has 5 heteroatoms. The molecule has 0 radical (unpaired) electrons. The summed E-state index contributed by atoms with van der Waals surface area (Å²) in [5.41, 5.74) is 1.38. The summed E-state index contributed by atoms with van der Waals surface area (Å²) >= 11 is 1.76. The van der Waals surface area contributed by atoms with Crippen molar-refractivity contribution in [2.75, 3.05) is 26.7 Å². The molecular formula is C19H26N4S. The molecule has 24 heavy (non-hydrogen) atoms. The first kappa shape index (κ1) is 17.0. The zero-order chi connectivity index (χ0) is 16.6. The Morgan fingerprint density at radius 2 is 1.92 bits per heavy atom. The normalized spacial score (nSPS) is 17.0. The Hall–Kier alpha value is -1.85. The molecule has 1 aromatic heterocycles. The van der Waals surface area contributed by atoms with Crippen molar-refractivity contribution in [1.29, 1.82) is 0 Å². The second-order valence-electron chi connectivity index (χ2n) is 6.06. The van der Waals surface area contributed by atoms with Gasteiger partial charge < -0.3 is 10.6 Å². The van der Waals surface area contributed by atoms with E-state index in [1.54, 1.807) is 11.3 Å². The van der Waals surface area contributed by atoms with Crippen LogP contribution in [0.15, 0.2) is 52.8 Å². The Bertz CT molecular complexity index is 618. The fraction of sp³-hybridized carbons (Fsp3) is 0.421. The van der Waals surface area contributed by atoms with Crippen molar-refractivity contribution >= 4 is 17.3 Å². The van der Waals surface area contributed by atoms with Crippen molar-refractivity contribution in [2.45, 2.75) is 25.4 Å². The molecule has 1 unspecified atom stereocenters. The number of guanidine groups is 1. The molecular weight excluding hydrogens is 316 g/mol. The molecule has 1 aliphatic rings. The standard InChI is InChI=1S/C19H26N4S/c1-20-19(21-14-17-10-7-13-24-17)22-15-18(23-11-5-6-12-23)16-8-3-2-4-9-16/h2-4,7-10,13,18H,5-6,11-12,14-15H2,1H3,(H2,20,21,22). The van der Waals surface area contributed by atoms with Crippen LogP contribution in [0, 0.1) is 0 Å². The van der Waals surface area contributed by atoms with E-state index >= 15 is 0 Å². The Kier molecular flexibility index (Phi) is 6.26. The van der Waals surface area contributed by atoms with Crippen LogP contribution in [0.2, 0.25) is 0 Å². The van der Waals surface area contributed by atoms with Gasteiger partial charge in [0.2, 0.25) is 0 Å². The van der Waals surface area contributed by atoms with Crippen LogP contribution in [0.4, 0.5) is 0 Å². The van der Waals surface area contributed by atoms with Gasteiger partial charge in [0, 0.05) is 18.5 Å². The summed E-state index contributed by atoms with van der Waals surface area (Å²) in [5.74, 6) is 0.864. The highest BCUT2D eigenvalue weighted by Gasteiger charge is 2.23. The highest BCUT2D eigenvalue weighted by molar-refractivity contribution is 7.09. The van der Waals surface area contributed by atoms with Gasteiger partial charge in [-0.1, -0.05) is 36.4 Å². The lowest BCUT2D eigenvalue weighted by molar-refractivity contribution is 0.245. The number of thiophene rings is 1. The van der Waals surface area contributed by atoms with E-state index in [0.717, 1.165) is 19.0 Å². The molecule has 0 amide bonds. The second-order valence-corrected chi connectivity index (χ2v) is 7.09. The Balaban J connectivity index is 1.59. The maximum atomic E-state index is 4.36. The van der Waals surface area contributed by atoms with Gasteiger partial charge in [-0.05, 0) is 42.9 Å². The van der Waals surface area contributed by atoms with Gasteiger partial charge in [-0.15, -0.1) is 11.3 Å². The largest absolute Gasteiger partial charge is 0.354 e. The molecule has 0 saturated carbocycles. The third-order valence-electron chi connectivity index (χ3n) is 4.46. The molecule has 1 saturated heterocycles. The average Bonchev–Trinajstić information content (AvgIpc) is 3.32. The average molecular weight is 343 g/mol. The van der Waals surface area contributed by atoms with Gasteiger partial charge in [-0.25, -0.2) is 0 Å². The van der Waals surface area contributed by atoms with Crippen molar-refractivity contribution in [2.24, 2.45) is 4.99 Å². The predicted octanol–water partition coefficient (Wildman–Crippen LogP) is 3.25.